The molecule has 0 N–H and O–H groups in total. The van der Waals surface area contributed by atoms with Crippen molar-refractivity contribution in [2.75, 3.05) is 20.2 Å². The van der Waals surface area contributed by atoms with E-state index in [4.69, 9.17) is 4.74 Å². The van der Waals surface area contributed by atoms with Gasteiger partial charge in [0.25, 0.3) is 11.5 Å². The van der Waals surface area contributed by atoms with Crippen molar-refractivity contribution in [3.05, 3.63) is 51.9 Å². The van der Waals surface area contributed by atoms with E-state index in [1.54, 1.807) is 28.6 Å². The number of fused-ring (bicyclic) bond motifs is 1. The van der Waals surface area contributed by atoms with Crippen LogP contribution in [0.3, 0.4) is 0 Å². The number of methoxy groups -OCH3 is 1. The number of nitrogens with zero attached hydrogens (tertiary/aromatic N) is 5. The minimum Gasteiger partial charge on any atom is -0.481 e. The molecule has 8 nitrogen and oxygen atoms in total. The number of carbonyl (C=O) groups is 1. The molecule has 8 heteroatoms. The van der Waals surface area contributed by atoms with Crippen LogP contribution in [-0.4, -0.2) is 50.6 Å². The molecular formula is C23H29N5O3. The molecule has 1 saturated heterocycles. The van der Waals surface area contributed by atoms with Crippen molar-refractivity contribution in [1.82, 2.24) is 24.5 Å². The predicted octanol–water partition coefficient (Wildman–Crippen LogP) is 2.91. The van der Waals surface area contributed by atoms with Crippen LogP contribution in [0.2, 0.25) is 0 Å². The third-order valence-corrected chi connectivity index (χ3v) is 5.91. The second-order valence-electron chi connectivity index (χ2n) is 9.14. The molecule has 164 valence electrons. The number of amides is 1. The molecule has 0 spiro atoms. The molecule has 1 aliphatic heterocycles. The largest absolute Gasteiger partial charge is 0.481 e. The number of ether oxygens (including phenoxy) is 1. The van der Waals surface area contributed by atoms with Crippen LogP contribution in [0.1, 0.15) is 55.7 Å². The third kappa shape index (κ3) is 3.94. The summed E-state index contributed by atoms with van der Waals surface area (Å²) in [6.45, 7) is 7.42. The topological polar surface area (TPSA) is 82.2 Å². The molecule has 3 heterocycles. The van der Waals surface area contributed by atoms with E-state index in [0.717, 1.165) is 16.6 Å². The molecule has 3 aromatic rings. The zero-order chi connectivity index (χ0) is 22.3. The molecule has 1 fully saturated rings. The number of benzene rings is 1. The lowest BCUT2D eigenvalue weighted by Gasteiger charge is -2.33. The van der Waals surface area contributed by atoms with Crippen molar-refractivity contribution in [1.29, 1.82) is 0 Å². The second kappa shape index (κ2) is 7.83. The fourth-order valence-corrected chi connectivity index (χ4v) is 4.13. The van der Waals surface area contributed by atoms with Crippen molar-refractivity contribution in [2.24, 2.45) is 7.05 Å². The Balaban J connectivity index is 1.50. The van der Waals surface area contributed by atoms with E-state index in [2.05, 4.69) is 31.0 Å². The van der Waals surface area contributed by atoms with E-state index in [-0.39, 0.29) is 22.9 Å². The van der Waals surface area contributed by atoms with Gasteiger partial charge in [0.1, 0.15) is 0 Å². The van der Waals surface area contributed by atoms with Gasteiger partial charge >= 0.3 is 0 Å². The zero-order valence-electron chi connectivity index (χ0n) is 18.8. The summed E-state index contributed by atoms with van der Waals surface area (Å²) in [6, 6.07) is 8.91. The highest BCUT2D eigenvalue weighted by atomic mass is 16.5. The number of piperidine rings is 1. The molecule has 0 atom stereocenters. The van der Waals surface area contributed by atoms with Gasteiger partial charge in [0.2, 0.25) is 5.88 Å². The van der Waals surface area contributed by atoms with Crippen molar-refractivity contribution in [3.8, 4) is 5.88 Å². The van der Waals surface area contributed by atoms with Crippen molar-refractivity contribution >= 4 is 16.8 Å². The summed E-state index contributed by atoms with van der Waals surface area (Å²) in [5.74, 6) is 0.652. The van der Waals surface area contributed by atoms with Crippen LogP contribution in [0.4, 0.5) is 0 Å². The van der Waals surface area contributed by atoms with Gasteiger partial charge in [-0.25, -0.2) is 9.36 Å². The Morgan fingerprint density at radius 3 is 2.45 bits per heavy atom. The smallest absolute Gasteiger partial charge is 0.267 e. The Morgan fingerprint density at radius 2 is 1.81 bits per heavy atom. The van der Waals surface area contributed by atoms with Gasteiger partial charge in [-0.15, -0.1) is 0 Å². The van der Waals surface area contributed by atoms with E-state index in [9.17, 15) is 9.59 Å². The Hall–Kier alpha value is -3.16. The second-order valence-corrected chi connectivity index (χ2v) is 9.14. The van der Waals surface area contributed by atoms with E-state index < -0.39 is 0 Å². The summed E-state index contributed by atoms with van der Waals surface area (Å²) in [6.07, 6.45) is 1.40. The molecule has 0 bridgehead atoms. The van der Waals surface area contributed by atoms with Gasteiger partial charge in [-0.05, 0) is 37.1 Å². The van der Waals surface area contributed by atoms with E-state index in [0.29, 0.717) is 37.4 Å². The van der Waals surface area contributed by atoms with Crippen molar-refractivity contribution < 1.29 is 9.53 Å². The number of likely N-dealkylation sites (tertiary alicyclic amines) is 1. The molecular weight excluding hydrogens is 394 g/mol. The fourth-order valence-electron chi connectivity index (χ4n) is 4.13. The van der Waals surface area contributed by atoms with Crippen LogP contribution in [0.5, 0.6) is 5.88 Å². The van der Waals surface area contributed by atoms with Crippen molar-refractivity contribution in [2.45, 2.75) is 45.1 Å². The first kappa shape index (κ1) is 21.1. The van der Waals surface area contributed by atoms with Crippen LogP contribution >= 0.6 is 0 Å². The fraction of sp³-hybridized carbons (Fsp3) is 0.478. The normalized spacial score (nSPS) is 15.5. The lowest BCUT2D eigenvalue weighted by molar-refractivity contribution is 0.0687. The van der Waals surface area contributed by atoms with Gasteiger partial charge < -0.3 is 9.64 Å². The first-order valence-corrected chi connectivity index (χ1v) is 10.6. The Bertz CT molecular complexity index is 1180. The van der Waals surface area contributed by atoms with Gasteiger partial charge in [-0.3, -0.25) is 9.59 Å². The maximum atomic E-state index is 13.1. The molecule has 0 aliphatic carbocycles. The van der Waals surface area contributed by atoms with Crippen LogP contribution in [0.15, 0.2) is 35.1 Å². The summed E-state index contributed by atoms with van der Waals surface area (Å²) in [5.41, 5.74) is 2.02. The number of aryl methyl sites for hydroxylation is 1. The lowest BCUT2D eigenvalue weighted by atomic mass is 9.92. The quantitative estimate of drug-likeness (QED) is 0.647. The van der Waals surface area contributed by atoms with E-state index >= 15 is 0 Å². The van der Waals surface area contributed by atoms with Crippen molar-refractivity contribution in [3.63, 3.8) is 0 Å². The molecule has 2 aromatic heterocycles. The van der Waals surface area contributed by atoms with Crippen LogP contribution in [-0.2, 0) is 12.5 Å². The maximum Gasteiger partial charge on any atom is 0.267 e. The summed E-state index contributed by atoms with van der Waals surface area (Å²) < 4.78 is 8.65. The summed E-state index contributed by atoms with van der Waals surface area (Å²) >= 11 is 0. The summed E-state index contributed by atoms with van der Waals surface area (Å²) in [7, 11) is 3.42. The highest BCUT2D eigenvalue weighted by Gasteiger charge is 2.27. The highest BCUT2D eigenvalue weighted by molar-refractivity contribution is 5.98. The molecule has 0 unspecified atom stereocenters. The number of aromatic nitrogens is 4. The lowest BCUT2D eigenvalue weighted by Crippen LogP contribution is -2.41. The van der Waals surface area contributed by atoms with E-state index in [1.807, 2.05) is 30.1 Å². The molecule has 1 aromatic carbocycles. The highest BCUT2D eigenvalue weighted by Crippen LogP contribution is 2.27. The number of hydrogen-bond donors (Lipinski definition) is 0. The van der Waals surface area contributed by atoms with Gasteiger partial charge in [0.05, 0.1) is 29.7 Å². The average molecular weight is 424 g/mol. The predicted molar refractivity (Wildman–Crippen MR) is 119 cm³/mol. The van der Waals surface area contributed by atoms with Gasteiger partial charge in [-0.2, -0.15) is 10.2 Å². The van der Waals surface area contributed by atoms with E-state index in [1.165, 1.54) is 0 Å². The number of carbonyl (C=O) groups excluding carboxylic acids is 1. The SMILES string of the molecule is COc1c2ccc(C(=O)N3CCC(n4nc(C(C)(C)C)ccc4=O)CC3)cc2nn1C. The van der Waals surface area contributed by atoms with Gasteiger partial charge in [-0.1, -0.05) is 20.8 Å². The summed E-state index contributed by atoms with van der Waals surface area (Å²) in [4.78, 5) is 27.3. The van der Waals surface area contributed by atoms with Gasteiger partial charge in [0.15, 0.2) is 0 Å². The molecule has 31 heavy (non-hydrogen) atoms. The molecule has 4 rings (SSSR count). The molecule has 0 radical (unpaired) electrons. The monoisotopic (exact) mass is 423 g/mol. The molecule has 1 amide bonds. The maximum absolute atomic E-state index is 13.1. The third-order valence-electron chi connectivity index (χ3n) is 5.91. The number of hydrogen-bond acceptors (Lipinski definition) is 5. The minimum atomic E-state index is -0.126. The first-order valence-electron chi connectivity index (χ1n) is 10.6. The van der Waals surface area contributed by atoms with Crippen LogP contribution < -0.4 is 10.3 Å². The standard InChI is InChI=1S/C23H29N5O3/c1-23(2,3)19-8-9-20(29)28(25-19)16-10-12-27(13-11-16)21(30)15-6-7-17-18(14-15)24-26(4)22(17)31-5/h6-9,14,16H,10-13H2,1-5H3. The Morgan fingerprint density at radius 1 is 1.10 bits per heavy atom. The average Bonchev–Trinajstić information content (AvgIpc) is 3.06. The first-order chi connectivity index (χ1) is 14.7. The van der Waals surface area contributed by atoms with Gasteiger partial charge in [0, 0.05) is 37.2 Å². The summed E-state index contributed by atoms with van der Waals surface area (Å²) in [5, 5.41) is 9.94. The minimum absolute atomic E-state index is 0.00128. The number of rotatable bonds is 3. The van der Waals surface area contributed by atoms with Crippen LogP contribution in [0, 0.1) is 0 Å². The molecule has 1 aliphatic rings. The van der Waals surface area contributed by atoms with Crippen LogP contribution in [0.25, 0.3) is 10.9 Å². The Labute approximate surface area is 181 Å². The zero-order valence-corrected chi connectivity index (χ0v) is 18.8. The Kier molecular flexibility index (Phi) is 5.33. The molecule has 0 saturated carbocycles.